The quantitative estimate of drug-likeness (QED) is 0.684. The second-order valence-electron chi connectivity index (χ2n) is 6.37. The molecule has 1 atom stereocenters. The largest absolute Gasteiger partial charge is 0.438 e. The minimum absolute atomic E-state index is 0.0839. The van der Waals surface area contributed by atoms with Crippen molar-refractivity contribution in [2.24, 2.45) is 0 Å². The third-order valence-corrected chi connectivity index (χ3v) is 5.09. The second kappa shape index (κ2) is 7.87. The molecule has 8 heteroatoms. The molecule has 1 aromatic carbocycles. The van der Waals surface area contributed by atoms with Gasteiger partial charge in [-0.2, -0.15) is 5.10 Å². The Morgan fingerprint density at radius 3 is 2.85 bits per heavy atom. The van der Waals surface area contributed by atoms with Crippen LogP contribution in [0, 0.1) is 0 Å². The maximum absolute atomic E-state index is 13.1. The van der Waals surface area contributed by atoms with Crippen LogP contribution in [-0.2, 0) is 0 Å². The number of aromatic nitrogens is 4. The van der Waals surface area contributed by atoms with Crippen molar-refractivity contribution in [3.05, 3.63) is 64.8 Å². The molecule has 1 aliphatic rings. The second-order valence-corrected chi connectivity index (χ2v) is 7.29. The van der Waals surface area contributed by atoms with Crippen molar-refractivity contribution in [2.45, 2.75) is 18.8 Å². The smallest absolute Gasteiger partial charge is 0.259 e. The number of benzene rings is 1. The molecule has 3 aromatic rings. The Morgan fingerprint density at radius 1 is 1.22 bits per heavy atom. The number of aromatic amines is 1. The van der Waals surface area contributed by atoms with Gasteiger partial charge in [0.25, 0.3) is 5.91 Å². The van der Waals surface area contributed by atoms with E-state index in [4.69, 9.17) is 4.74 Å². The van der Waals surface area contributed by atoms with Crippen LogP contribution in [0.1, 0.15) is 34.9 Å². The first-order valence-corrected chi connectivity index (χ1v) is 9.53. The molecule has 27 heavy (non-hydrogen) atoms. The predicted octanol–water partition coefficient (Wildman–Crippen LogP) is 3.77. The fraction of sp³-hybridized carbons (Fsp3) is 0.263. The van der Waals surface area contributed by atoms with Crippen LogP contribution in [0.4, 0.5) is 0 Å². The molecule has 0 aliphatic carbocycles. The number of H-pyrrole nitrogens is 1. The van der Waals surface area contributed by atoms with Crippen LogP contribution in [-0.4, -0.2) is 44.1 Å². The van der Waals surface area contributed by atoms with E-state index in [0.717, 1.165) is 23.1 Å². The average molecular weight is 428 g/mol. The summed E-state index contributed by atoms with van der Waals surface area (Å²) in [6, 6.07) is 10.9. The van der Waals surface area contributed by atoms with E-state index in [1.807, 2.05) is 29.2 Å². The number of hydrogen-bond donors (Lipinski definition) is 1. The molecule has 7 nitrogen and oxygen atoms in total. The third-order valence-electron chi connectivity index (χ3n) is 4.56. The summed E-state index contributed by atoms with van der Waals surface area (Å²) in [6.45, 7) is 1.30. The molecule has 2 aromatic heterocycles. The lowest BCUT2D eigenvalue weighted by Crippen LogP contribution is -2.39. The molecule has 1 N–H and O–H groups in total. The zero-order chi connectivity index (χ0) is 18.6. The van der Waals surface area contributed by atoms with Gasteiger partial charge in [0.05, 0.1) is 0 Å². The molecule has 0 radical (unpaired) electrons. The van der Waals surface area contributed by atoms with Crippen LogP contribution in [0.5, 0.6) is 11.6 Å². The lowest BCUT2D eigenvalue weighted by atomic mass is 9.97. The molecule has 138 valence electrons. The molecule has 1 saturated heterocycles. The van der Waals surface area contributed by atoms with E-state index in [2.05, 4.69) is 36.1 Å². The zero-order valence-electron chi connectivity index (χ0n) is 14.5. The maximum atomic E-state index is 13.1. The van der Waals surface area contributed by atoms with E-state index in [1.165, 1.54) is 6.33 Å². The van der Waals surface area contributed by atoms with Gasteiger partial charge in [0.2, 0.25) is 5.88 Å². The van der Waals surface area contributed by atoms with E-state index >= 15 is 0 Å². The maximum Gasteiger partial charge on any atom is 0.259 e. The SMILES string of the molecule is O=C(c1cccnc1Oc1ccc(Br)cc1)N1CCC[C@@H](c2ncn[nH]2)C1. The summed E-state index contributed by atoms with van der Waals surface area (Å²) in [5.74, 6) is 1.85. The van der Waals surface area contributed by atoms with Crippen molar-refractivity contribution < 1.29 is 9.53 Å². The molecule has 3 heterocycles. The number of nitrogens with zero attached hydrogens (tertiary/aromatic N) is 4. The highest BCUT2D eigenvalue weighted by atomic mass is 79.9. The summed E-state index contributed by atoms with van der Waals surface area (Å²) in [4.78, 5) is 23.5. The van der Waals surface area contributed by atoms with Crippen molar-refractivity contribution in [1.82, 2.24) is 25.1 Å². The molecule has 0 unspecified atom stereocenters. The first-order chi connectivity index (χ1) is 13.2. The zero-order valence-corrected chi connectivity index (χ0v) is 16.1. The molecule has 0 saturated carbocycles. The van der Waals surface area contributed by atoms with Gasteiger partial charge < -0.3 is 9.64 Å². The van der Waals surface area contributed by atoms with Gasteiger partial charge in [0.1, 0.15) is 23.5 Å². The monoisotopic (exact) mass is 427 g/mol. The van der Waals surface area contributed by atoms with Crippen LogP contribution < -0.4 is 4.74 Å². The van der Waals surface area contributed by atoms with Gasteiger partial charge in [-0.3, -0.25) is 9.89 Å². The fourth-order valence-corrected chi connectivity index (χ4v) is 3.48. The van der Waals surface area contributed by atoms with Gasteiger partial charge in [0.15, 0.2) is 0 Å². The van der Waals surface area contributed by atoms with Crippen LogP contribution in [0.25, 0.3) is 0 Å². The van der Waals surface area contributed by atoms with Gasteiger partial charge in [-0.05, 0) is 49.2 Å². The molecular weight excluding hydrogens is 410 g/mol. The lowest BCUT2D eigenvalue weighted by Gasteiger charge is -2.31. The molecule has 1 aliphatic heterocycles. The number of hydrogen-bond acceptors (Lipinski definition) is 5. The molecule has 0 bridgehead atoms. The van der Waals surface area contributed by atoms with Gasteiger partial charge in [-0.25, -0.2) is 9.97 Å². The number of nitrogens with one attached hydrogen (secondary N) is 1. The number of likely N-dealkylation sites (tertiary alicyclic amines) is 1. The van der Waals surface area contributed by atoms with E-state index < -0.39 is 0 Å². The van der Waals surface area contributed by atoms with Gasteiger partial charge in [0, 0.05) is 29.7 Å². The Kier molecular flexibility index (Phi) is 5.15. The number of pyridine rings is 1. The topological polar surface area (TPSA) is 84.0 Å². The van der Waals surface area contributed by atoms with Crippen molar-refractivity contribution >= 4 is 21.8 Å². The Morgan fingerprint density at radius 2 is 2.07 bits per heavy atom. The highest BCUT2D eigenvalue weighted by Gasteiger charge is 2.28. The minimum atomic E-state index is -0.0839. The average Bonchev–Trinajstić information content (AvgIpc) is 3.25. The van der Waals surface area contributed by atoms with E-state index in [0.29, 0.717) is 30.3 Å². The molecule has 1 fully saturated rings. The molecule has 1 amide bonds. The first-order valence-electron chi connectivity index (χ1n) is 8.73. The Bertz CT molecular complexity index is 914. The first kappa shape index (κ1) is 17.7. The van der Waals surface area contributed by atoms with Crippen LogP contribution in [0.3, 0.4) is 0 Å². The van der Waals surface area contributed by atoms with E-state index in [-0.39, 0.29) is 11.8 Å². The summed E-state index contributed by atoms with van der Waals surface area (Å²) in [7, 11) is 0. The Hall–Kier alpha value is -2.74. The van der Waals surface area contributed by atoms with Crippen LogP contribution in [0.15, 0.2) is 53.4 Å². The minimum Gasteiger partial charge on any atom is -0.438 e. The highest BCUT2D eigenvalue weighted by molar-refractivity contribution is 9.10. The predicted molar refractivity (Wildman–Crippen MR) is 103 cm³/mol. The van der Waals surface area contributed by atoms with Gasteiger partial charge in [-0.15, -0.1) is 0 Å². The number of ether oxygens (including phenoxy) is 1. The van der Waals surface area contributed by atoms with E-state index in [1.54, 1.807) is 18.3 Å². The standard InChI is InChI=1S/C19H18BrN5O2/c20-14-5-7-15(8-6-14)27-18-16(4-1-9-21-18)19(26)25-10-2-3-13(11-25)17-22-12-23-24-17/h1,4-9,12-13H,2-3,10-11H2,(H,22,23,24)/t13-/m1/s1. The van der Waals surface area contributed by atoms with Gasteiger partial charge in [-0.1, -0.05) is 15.9 Å². The van der Waals surface area contributed by atoms with Crippen molar-refractivity contribution in [3.63, 3.8) is 0 Å². The third kappa shape index (κ3) is 4.00. The number of piperidine rings is 1. The van der Waals surface area contributed by atoms with E-state index in [9.17, 15) is 4.79 Å². The Labute approximate surface area is 164 Å². The number of carbonyl (C=O) groups excluding carboxylic acids is 1. The number of carbonyl (C=O) groups is 1. The number of amides is 1. The van der Waals surface area contributed by atoms with Crippen LogP contribution >= 0.6 is 15.9 Å². The highest BCUT2D eigenvalue weighted by Crippen LogP contribution is 2.29. The summed E-state index contributed by atoms with van der Waals surface area (Å²) in [6.07, 6.45) is 5.02. The summed E-state index contributed by atoms with van der Waals surface area (Å²) in [5.41, 5.74) is 0.457. The van der Waals surface area contributed by atoms with Crippen LogP contribution in [0.2, 0.25) is 0 Å². The normalized spacial score (nSPS) is 16.9. The number of halogens is 1. The van der Waals surface area contributed by atoms with Crippen molar-refractivity contribution in [2.75, 3.05) is 13.1 Å². The lowest BCUT2D eigenvalue weighted by molar-refractivity contribution is 0.0701. The summed E-state index contributed by atoms with van der Waals surface area (Å²) in [5, 5.41) is 6.83. The van der Waals surface area contributed by atoms with Gasteiger partial charge >= 0.3 is 0 Å². The summed E-state index contributed by atoms with van der Waals surface area (Å²) < 4.78 is 6.82. The molecule has 4 rings (SSSR count). The van der Waals surface area contributed by atoms with Crippen molar-refractivity contribution in [1.29, 1.82) is 0 Å². The molecule has 0 spiro atoms. The summed E-state index contributed by atoms with van der Waals surface area (Å²) >= 11 is 3.40. The Balaban J connectivity index is 1.54. The van der Waals surface area contributed by atoms with Crippen molar-refractivity contribution in [3.8, 4) is 11.6 Å². The number of rotatable bonds is 4. The molecular formula is C19H18BrN5O2. The fourth-order valence-electron chi connectivity index (χ4n) is 3.22.